The summed E-state index contributed by atoms with van der Waals surface area (Å²) in [5.74, 6) is 0.110. The molecule has 0 amide bonds. The smallest absolute Gasteiger partial charge is 0.181 e. The Kier molecular flexibility index (Phi) is 4.79. The number of hydrogen-bond donors (Lipinski definition) is 2. The number of benzene rings is 2. The third-order valence-corrected chi connectivity index (χ3v) is 4.28. The van der Waals surface area contributed by atoms with Gasteiger partial charge >= 0.3 is 0 Å². The number of nitrogens with one attached hydrogen (secondary N) is 2. The molecule has 0 bridgehead atoms. The molecule has 4 heteroatoms. The van der Waals surface area contributed by atoms with E-state index in [2.05, 4.69) is 10.3 Å². The van der Waals surface area contributed by atoms with Crippen LogP contribution in [0.25, 0.3) is 10.9 Å². The zero-order valence-corrected chi connectivity index (χ0v) is 13.7. The normalized spacial score (nSPS) is 12.4. The molecule has 0 spiro atoms. The highest BCUT2D eigenvalue weighted by Gasteiger charge is 2.17. The standard InChI is InChI=1S/C19H19ClN2O/c1-13(21-11-10-14-6-8-15(20)9-7-14)19(23)17-12-22-18-5-3-2-4-16(17)18/h2-9,12-13,21-22H,10-11H2,1H3/t13-/m0/s1. The quantitative estimate of drug-likeness (QED) is 0.666. The van der Waals surface area contributed by atoms with Crippen LogP contribution in [0.3, 0.4) is 0 Å². The summed E-state index contributed by atoms with van der Waals surface area (Å²) in [6.07, 6.45) is 2.66. The highest BCUT2D eigenvalue weighted by Crippen LogP contribution is 2.19. The number of para-hydroxylation sites is 1. The first-order chi connectivity index (χ1) is 11.1. The molecule has 2 aromatic carbocycles. The van der Waals surface area contributed by atoms with Crippen LogP contribution in [0, 0.1) is 0 Å². The predicted molar refractivity (Wildman–Crippen MR) is 95.2 cm³/mol. The Morgan fingerprint density at radius 1 is 1.17 bits per heavy atom. The SMILES string of the molecule is C[C@H](NCCc1ccc(Cl)cc1)C(=O)c1c[nH]c2ccccc12. The molecule has 0 aliphatic carbocycles. The number of carbonyl (C=O) groups is 1. The van der Waals surface area contributed by atoms with Gasteiger partial charge in [-0.1, -0.05) is 41.9 Å². The highest BCUT2D eigenvalue weighted by atomic mass is 35.5. The van der Waals surface area contributed by atoms with Crippen molar-refractivity contribution >= 4 is 28.3 Å². The fraction of sp³-hybridized carbons (Fsp3) is 0.211. The third-order valence-electron chi connectivity index (χ3n) is 4.03. The van der Waals surface area contributed by atoms with Gasteiger partial charge in [0.05, 0.1) is 6.04 Å². The van der Waals surface area contributed by atoms with E-state index >= 15 is 0 Å². The molecule has 0 fully saturated rings. The molecule has 0 saturated carbocycles. The van der Waals surface area contributed by atoms with E-state index in [1.807, 2.05) is 55.5 Å². The van der Waals surface area contributed by atoms with Gasteiger partial charge in [0.2, 0.25) is 0 Å². The van der Waals surface area contributed by atoms with Gasteiger partial charge in [-0.2, -0.15) is 0 Å². The highest BCUT2D eigenvalue weighted by molar-refractivity contribution is 6.30. The van der Waals surface area contributed by atoms with Crippen molar-refractivity contribution in [2.24, 2.45) is 0 Å². The summed E-state index contributed by atoms with van der Waals surface area (Å²) in [5.41, 5.74) is 2.94. The molecule has 3 aromatic rings. The lowest BCUT2D eigenvalue weighted by atomic mass is 10.0. The van der Waals surface area contributed by atoms with E-state index in [1.54, 1.807) is 6.20 Å². The zero-order chi connectivity index (χ0) is 16.2. The van der Waals surface area contributed by atoms with Crippen molar-refractivity contribution in [2.45, 2.75) is 19.4 Å². The fourth-order valence-electron chi connectivity index (χ4n) is 2.69. The van der Waals surface area contributed by atoms with Crippen LogP contribution in [0.4, 0.5) is 0 Å². The van der Waals surface area contributed by atoms with Crippen LogP contribution in [0.5, 0.6) is 0 Å². The first kappa shape index (κ1) is 15.8. The lowest BCUT2D eigenvalue weighted by Gasteiger charge is -2.12. The number of H-pyrrole nitrogens is 1. The minimum Gasteiger partial charge on any atom is -0.360 e. The molecule has 0 saturated heterocycles. The molecule has 1 heterocycles. The van der Waals surface area contributed by atoms with Gasteiger partial charge in [0.15, 0.2) is 5.78 Å². The van der Waals surface area contributed by atoms with Crippen LogP contribution in [0.15, 0.2) is 54.7 Å². The monoisotopic (exact) mass is 326 g/mol. The maximum atomic E-state index is 12.6. The summed E-state index contributed by atoms with van der Waals surface area (Å²) < 4.78 is 0. The topological polar surface area (TPSA) is 44.9 Å². The molecule has 0 aliphatic heterocycles. The maximum Gasteiger partial charge on any atom is 0.181 e. The number of aromatic nitrogens is 1. The number of Topliss-reactive ketones (excluding diaryl/α,β-unsaturated/α-hetero) is 1. The summed E-state index contributed by atoms with van der Waals surface area (Å²) in [6, 6.07) is 15.4. The number of fused-ring (bicyclic) bond motifs is 1. The van der Waals surface area contributed by atoms with Gasteiger partial charge in [0, 0.05) is 27.7 Å². The van der Waals surface area contributed by atoms with Crippen molar-refractivity contribution < 1.29 is 4.79 Å². The molecular weight excluding hydrogens is 308 g/mol. The Morgan fingerprint density at radius 3 is 2.70 bits per heavy atom. The summed E-state index contributed by atoms with van der Waals surface area (Å²) in [5, 5.41) is 5.02. The van der Waals surface area contributed by atoms with E-state index in [4.69, 9.17) is 11.6 Å². The second-order valence-electron chi connectivity index (χ2n) is 5.66. The van der Waals surface area contributed by atoms with Crippen LogP contribution in [-0.2, 0) is 6.42 Å². The van der Waals surface area contributed by atoms with Crippen molar-refractivity contribution in [1.29, 1.82) is 0 Å². The van der Waals surface area contributed by atoms with Crippen LogP contribution >= 0.6 is 11.6 Å². The molecule has 0 radical (unpaired) electrons. The minimum atomic E-state index is -0.221. The Bertz CT molecular complexity index is 808. The van der Waals surface area contributed by atoms with Gasteiger partial charge in [-0.05, 0) is 43.7 Å². The predicted octanol–water partition coefficient (Wildman–Crippen LogP) is 4.22. The van der Waals surface area contributed by atoms with Crippen molar-refractivity contribution in [3.8, 4) is 0 Å². The molecule has 3 rings (SSSR count). The molecule has 0 aliphatic rings. The van der Waals surface area contributed by atoms with Crippen LogP contribution in [0.1, 0.15) is 22.8 Å². The summed E-state index contributed by atoms with van der Waals surface area (Å²) in [4.78, 5) is 15.8. The van der Waals surface area contributed by atoms with Gasteiger partial charge < -0.3 is 10.3 Å². The molecule has 2 N–H and O–H groups in total. The van der Waals surface area contributed by atoms with E-state index in [0.717, 1.165) is 34.5 Å². The summed E-state index contributed by atoms with van der Waals surface area (Å²) in [6.45, 7) is 2.66. The van der Waals surface area contributed by atoms with Crippen LogP contribution in [0.2, 0.25) is 5.02 Å². The molecule has 118 valence electrons. The van der Waals surface area contributed by atoms with E-state index < -0.39 is 0 Å². The number of aromatic amines is 1. The first-order valence-corrected chi connectivity index (χ1v) is 8.11. The molecular formula is C19H19ClN2O. The number of hydrogen-bond acceptors (Lipinski definition) is 2. The molecule has 3 nitrogen and oxygen atoms in total. The largest absolute Gasteiger partial charge is 0.360 e. The van der Waals surface area contributed by atoms with E-state index in [-0.39, 0.29) is 11.8 Å². The van der Waals surface area contributed by atoms with E-state index in [1.165, 1.54) is 5.56 Å². The van der Waals surface area contributed by atoms with Crippen LogP contribution in [-0.4, -0.2) is 23.4 Å². The molecule has 0 unspecified atom stereocenters. The van der Waals surface area contributed by atoms with E-state index in [0.29, 0.717) is 0 Å². The average molecular weight is 327 g/mol. The van der Waals surface area contributed by atoms with Crippen molar-refractivity contribution in [2.75, 3.05) is 6.54 Å². The molecule has 1 atom stereocenters. The lowest BCUT2D eigenvalue weighted by molar-refractivity contribution is 0.0953. The zero-order valence-electron chi connectivity index (χ0n) is 13.0. The summed E-state index contributed by atoms with van der Waals surface area (Å²) in [7, 11) is 0. The number of halogens is 1. The first-order valence-electron chi connectivity index (χ1n) is 7.73. The number of carbonyl (C=O) groups excluding carboxylic acids is 1. The third kappa shape index (κ3) is 3.63. The second-order valence-corrected chi connectivity index (χ2v) is 6.10. The second kappa shape index (κ2) is 6.99. The van der Waals surface area contributed by atoms with Crippen molar-refractivity contribution in [3.63, 3.8) is 0 Å². The maximum absolute atomic E-state index is 12.6. The Balaban J connectivity index is 1.60. The van der Waals surface area contributed by atoms with Crippen molar-refractivity contribution in [3.05, 3.63) is 70.9 Å². The van der Waals surface area contributed by atoms with Gasteiger partial charge in [0.1, 0.15) is 0 Å². The molecule has 23 heavy (non-hydrogen) atoms. The summed E-state index contributed by atoms with van der Waals surface area (Å²) >= 11 is 5.88. The fourth-order valence-corrected chi connectivity index (χ4v) is 2.81. The van der Waals surface area contributed by atoms with Gasteiger partial charge in [-0.3, -0.25) is 4.79 Å². The Labute approximate surface area is 140 Å². The van der Waals surface area contributed by atoms with Gasteiger partial charge in [-0.15, -0.1) is 0 Å². The average Bonchev–Trinajstić information content (AvgIpc) is 3.00. The van der Waals surface area contributed by atoms with Crippen LogP contribution < -0.4 is 5.32 Å². The number of rotatable bonds is 6. The lowest BCUT2D eigenvalue weighted by Crippen LogP contribution is -2.35. The molecule has 1 aromatic heterocycles. The van der Waals surface area contributed by atoms with Crippen molar-refractivity contribution in [1.82, 2.24) is 10.3 Å². The minimum absolute atomic E-state index is 0.110. The van der Waals surface area contributed by atoms with Gasteiger partial charge in [0.25, 0.3) is 0 Å². The van der Waals surface area contributed by atoms with Gasteiger partial charge in [-0.25, -0.2) is 0 Å². The van der Waals surface area contributed by atoms with E-state index in [9.17, 15) is 4.79 Å². The Hall–Kier alpha value is -2.10. The number of ketones is 1. The Morgan fingerprint density at radius 2 is 1.91 bits per heavy atom.